The average Bonchev–Trinajstić information content (AvgIpc) is 2.32. The van der Waals surface area contributed by atoms with Gasteiger partial charge in [0, 0.05) is 13.1 Å². The lowest BCUT2D eigenvalue weighted by Crippen LogP contribution is -2.54. The second-order valence-corrected chi connectivity index (χ2v) is 4.78. The molecule has 0 aromatic heterocycles. The molecule has 1 amide bonds. The van der Waals surface area contributed by atoms with Crippen molar-refractivity contribution in [2.75, 3.05) is 13.1 Å². The van der Waals surface area contributed by atoms with Gasteiger partial charge in [-0.1, -0.05) is 12.1 Å². The number of likely N-dealkylation sites (tertiary alicyclic amines) is 1. The van der Waals surface area contributed by atoms with Crippen LogP contribution in [0.4, 0.5) is 13.2 Å². The van der Waals surface area contributed by atoms with E-state index in [0.717, 1.165) is 10.5 Å². The highest BCUT2D eigenvalue weighted by Crippen LogP contribution is 2.26. The SMILES string of the molecule is O=C(O)c1ccc(CC2CN(C(=O)C(F)(F)F)C2)cc1. The number of alkyl halides is 3. The van der Waals surface area contributed by atoms with Crippen molar-refractivity contribution in [2.45, 2.75) is 12.6 Å². The summed E-state index contributed by atoms with van der Waals surface area (Å²) < 4.78 is 36.4. The van der Waals surface area contributed by atoms with Gasteiger partial charge in [0.25, 0.3) is 0 Å². The van der Waals surface area contributed by atoms with Crippen LogP contribution in [0.2, 0.25) is 0 Å². The minimum atomic E-state index is -4.81. The van der Waals surface area contributed by atoms with Gasteiger partial charge in [0.15, 0.2) is 0 Å². The molecule has 1 heterocycles. The molecule has 1 aromatic carbocycles. The normalized spacial score (nSPS) is 15.8. The molecule has 4 nitrogen and oxygen atoms in total. The second kappa shape index (κ2) is 5.15. The Morgan fingerprint density at radius 1 is 1.20 bits per heavy atom. The highest BCUT2D eigenvalue weighted by atomic mass is 19.4. The van der Waals surface area contributed by atoms with Crippen LogP contribution in [0.15, 0.2) is 24.3 Å². The Labute approximate surface area is 112 Å². The number of benzene rings is 1. The van der Waals surface area contributed by atoms with Crippen molar-refractivity contribution >= 4 is 11.9 Å². The lowest BCUT2D eigenvalue weighted by molar-refractivity contribution is -0.191. The van der Waals surface area contributed by atoms with E-state index in [9.17, 15) is 22.8 Å². The van der Waals surface area contributed by atoms with Crippen LogP contribution in [0.5, 0.6) is 0 Å². The number of aromatic carboxylic acids is 1. The van der Waals surface area contributed by atoms with Crippen LogP contribution in [0.25, 0.3) is 0 Å². The molecule has 1 aliphatic rings. The van der Waals surface area contributed by atoms with Crippen molar-refractivity contribution in [3.8, 4) is 0 Å². The molecule has 20 heavy (non-hydrogen) atoms. The fourth-order valence-corrected chi connectivity index (χ4v) is 2.16. The molecule has 2 rings (SSSR count). The molecule has 1 aromatic rings. The van der Waals surface area contributed by atoms with E-state index < -0.39 is 18.1 Å². The minimum Gasteiger partial charge on any atom is -0.478 e. The summed E-state index contributed by atoms with van der Waals surface area (Å²) in [5, 5.41) is 8.74. The highest BCUT2D eigenvalue weighted by molar-refractivity contribution is 5.87. The van der Waals surface area contributed by atoms with Crippen LogP contribution < -0.4 is 0 Å². The average molecular weight is 287 g/mol. The molecule has 0 radical (unpaired) electrons. The molecule has 0 aliphatic carbocycles. The molecule has 108 valence electrons. The van der Waals surface area contributed by atoms with Gasteiger partial charge in [0.2, 0.25) is 0 Å². The van der Waals surface area contributed by atoms with E-state index in [1.807, 2.05) is 0 Å². The summed E-state index contributed by atoms with van der Waals surface area (Å²) in [6, 6.07) is 6.18. The monoisotopic (exact) mass is 287 g/mol. The van der Waals surface area contributed by atoms with Gasteiger partial charge in [-0.3, -0.25) is 4.79 Å². The topological polar surface area (TPSA) is 57.6 Å². The molecular formula is C13H12F3NO3. The Morgan fingerprint density at radius 3 is 2.20 bits per heavy atom. The van der Waals surface area contributed by atoms with Gasteiger partial charge in [0.05, 0.1) is 5.56 Å². The number of carbonyl (C=O) groups excluding carboxylic acids is 1. The van der Waals surface area contributed by atoms with Crippen molar-refractivity contribution in [3.05, 3.63) is 35.4 Å². The summed E-state index contributed by atoms with van der Waals surface area (Å²) in [4.78, 5) is 22.3. The lowest BCUT2D eigenvalue weighted by atomic mass is 9.91. The first-order valence-electron chi connectivity index (χ1n) is 5.95. The van der Waals surface area contributed by atoms with Crippen LogP contribution in [-0.4, -0.2) is 41.1 Å². The van der Waals surface area contributed by atoms with Crippen LogP contribution in [0.1, 0.15) is 15.9 Å². The van der Waals surface area contributed by atoms with Gasteiger partial charge in [-0.2, -0.15) is 13.2 Å². The first-order chi connectivity index (χ1) is 9.27. The summed E-state index contributed by atoms with van der Waals surface area (Å²) in [5.74, 6) is -2.84. The summed E-state index contributed by atoms with van der Waals surface area (Å²) in [6.45, 7) is 0.165. The number of carboxylic acid groups (broad SMARTS) is 1. The van der Waals surface area contributed by atoms with Gasteiger partial charge in [0.1, 0.15) is 0 Å². The van der Waals surface area contributed by atoms with E-state index in [1.54, 1.807) is 12.1 Å². The maximum Gasteiger partial charge on any atom is 0.471 e. The largest absolute Gasteiger partial charge is 0.478 e. The summed E-state index contributed by atoms with van der Waals surface area (Å²) in [5.41, 5.74) is 1.01. The molecule has 0 bridgehead atoms. The maximum absolute atomic E-state index is 12.1. The standard InChI is InChI=1S/C13H12F3NO3/c14-13(15,16)12(20)17-6-9(7-17)5-8-1-3-10(4-2-8)11(18)19/h1-4,9H,5-7H2,(H,18,19). The summed E-state index contributed by atoms with van der Waals surface area (Å²) in [6.07, 6.45) is -4.28. The Bertz CT molecular complexity index is 519. The number of hydrogen-bond donors (Lipinski definition) is 1. The predicted molar refractivity (Wildman–Crippen MR) is 63.2 cm³/mol. The van der Waals surface area contributed by atoms with E-state index in [0.29, 0.717) is 6.42 Å². The van der Waals surface area contributed by atoms with E-state index in [4.69, 9.17) is 5.11 Å². The van der Waals surface area contributed by atoms with Crippen LogP contribution in [-0.2, 0) is 11.2 Å². The number of hydrogen-bond acceptors (Lipinski definition) is 2. The predicted octanol–water partition coefficient (Wildman–Crippen LogP) is 1.95. The number of nitrogens with zero attached hydrogens (tertiary/aromatic N) is 1. The number of carboxylic acids is 1. The van der Waals surface area contributed by atoms with Crippen molar-refractivity contribution in [3.63, 3.8) is 0 Å². The molecule has 1 saturated heterocycles. The van der Waals surface area contributed by atoms with E-state index >= 15 is 0 Å². The summed E-state index contributed by atoms with van der Waals surface area (Å²) in [7, 11) is 0. The number of amides is 1. The van der Waals surface area contributed by atoms with Gasteiger partial charge >= 0.3 is 18.1 Å². The van der Waals surface area contributed by atoms with Gasteiger partial charge in [-0.15, -0.1) is 0 Å². The molecule has 7 heteroatoms. The van der Waals surface area contributed by atoms with E-state index in [1.165, 1.54) is 12.1 Å². The zero-order chi connectivity index (χ0) is 14.9. The third-order valence-electron chi connectivity index (χ3n) is 3.21. The number of halogens is 3. The molecule has 0 saturated carbocycles. The van der Waals surface area contributed by atoms with Crippen molar-refractivity contribution in [2.24, 2.45) is 5.92 Å². The smallest absolute Gasteiger partial charge is 0.471 e. The lowest BCUT2D eigenvalue weighted by Gasteiger charge is -2.39. The molecule has 0 unspecified atom stereocenters. The van der Waals surface area contributed by atoms with E-state index in [2.05, 4.69) is 0 Å². The highest BCUT2D eigenvalue weighted by Gasteiger charge is 2.46. The Hall–Kier alpha value is -2.05. The number of carbonyl (C=O) groups is 2. The molecule has 1 aliphatic heterocycles. The number of rotatable bonds is 3. The second-order valence-electron chi connectivity index (χ2n) is 4.78. The quantitative estimate of drug-likeness (QED) is 0.924. The Balaban J connectivity index is 1.86. The third-order valence-corrected chi connectivity index (χ3v) is 3.21. The van der Waals surface area contributed by atoms with Crippen LogP contribution in [0.3, 0.4) is 0 Å². The molecule has 1 N–H and O–H groups in total. The Kier molecular flexibility index (Phi) is 3.69. The van der Waals surface area contributed by atoms with E-state index in [-0.39, 0.29) is 24.6 Å². The van der Waals surface area contributed by atoms with Gasteiger partial charge < -0.3 is 10.0 Å². The molecule has 1 fully saturated rings. The zero-order valence-electron chi connectivity index (χ0n) is 10.4. The minimum absolute atomic E-state index is 0.0167. The maximum atomic E-state index is 12.1. The fourth-order valence-electron chi connectivity index (χ4n) is 2.16. The van der Waals surface area contributed by atoms with Crippen molar-refractivity contribution < 1.29 is 27.9 Å². The van der Waals surface area contributed by atoms with Crippen LogP contribution >= 0.6 is 0 Å². The zero-order valence-corrected chi connectivity index (χ0v) is 10.4. The third kappa shape index (κ3) is 3.09. The van der Waals surface area contributed by atoms with Crippen LogP contribution in [0, 0.1) is 5.92 Å². The summed E-state index contributed by atoms with van der Waals surface area (Å²) >= 11 is 0. The Morgan fingerprint density at radius 2 is 1.75 bits per heavy atom. The molecule has 0 spiro atoms. The van der Waals surface area contributed by atoms with Crippen molar-refractivity contribution in [1.29, 1.82) is 0 Å². The van der Waals surface area contributed by atoms with Crippen molar-refractivity contribution in [1.82, 2.24) is 4.90 Å². The van der Waals surface area contributed by atoms with Gasteiger partial charge in [-0.05, 0) is 30.0 Å². The molecule has 0 atom stereocenters. The van der Waals surface area contributed by atoms with Gasteiger partial charge in [-0.25, -0.2) is 4.79 Å². The first kappa shape index (κ1) is 14.4. The molecular weight excluding hydrogens is 275 g/mol. The fraction of sp³-hybridized carbons (Fsp3) is 0.385. The first-order valence-corrected chi connectivity index (χ1v) is 5.95.